The van der Waals surface area contributed by atoms with E-state index in [0.29, 0.717) is 25.9 Å². The van der Waals surface area contributed by atoms with Gasteiger partial charge in [0.15, 0.2) is 0 Å². The third-order valence-corrected chi connectivity index (χ3v) is 5.21. The monoisotopic (exact) mass is 334 g/mol. The molecule has 0 aromatic carbocycles. The lowest BCUT2D eigenvalue weighted by Gasteiger charge is -2.46. The Balaban J connectivity index is 2.31. The van der Waals surface area contributed by atoms with Crippen LogP contribution in [0.1, 0.15) is 25.7 Å². The summed E-state index contributed by atoms with van der Waals surface area (Å²) < 4.78 is 24.2. The van der Waals surface area contributed by atoms with Gasteiger partial charge < -0.3 is 15.7 Å². The van der Waals surface area contributed by atoms with E-state index in [4.69, 9.17) is 10.8 Å². The maximum Gasteiger partial charge on any atom is 0.321 e. The van der Waals surface area contributed by atoms with E-state index in [9.17, 15) is 18.0 Å². The number of likely N-dealkylation sites (tertiary alicyclic amines) is 1. The quantitative estimate of drug-likeness (QED) is 0.508. The lowest BCUT2D eigenvalue weighted by atomic mass is 9.86. The van der Waals surface area contributed by atoms with E-state index in [0.717, 1.165) is 17.3 Å². The lowest BCUT2D eigenvalue weighted by Crippen LogP contribution is -2.64. The molecule has 0 aliphatic carbocycles. The molecule has 2 aliphatic rings. The van der Waals surface area contributed by atoms with E-state index < -0.39 is 28.4 Å². The Hall–Kier alpha value is -1.23. The molecule has 2 rings (SSSR count). The number of hydrazine groups is 1. The fourth-order valence-electron chi connectivity index (χ4n) is 3.25. The number of amides is 1. The molecule has 2 fully saturated rings. The molecule has 1 spiro atoms. The van der Waals surface area contributed by atoms with Crippen molar-refractivity contribution in [3.8, 4) is 0 Å². The van der Waals surface area contributed by atoms with Crippen LogP contribution >= 0.6 is 0 Å². The number of piperidine rings is 1. The van der Waals surface area contributed by atoms with Crippen LogP contribution in [0.25, 0.3) is 0 Å². The summed E-state index contributed by atoms with van der Waals surface area (Å²) in [5.41, 5.74) is 4.59. The van der Waals surface area contributed by atoms with E-state index in [2.05, 4.69) is 0 Å². The van der Waals surface area contributed by atoms with Crippen molar-refractivity contribution in [1.29, 1.82) is 0 Å². The van der Waals surface area contributed by atoms with Gasteiger partial charge in [-0.3, -0.25) is 9.59 Å². The second kappa shape index (κ2) is 6.49. The maximum atomic E-state index is 12.6. The molecule has 10 heteroatoms. The van der Waals surface area contributed by atoms with Gasteiger partial charge in [-0.15, -0.1) is 4.41 Å². The van der Waals surface area contributed by atoms with E-state index >= 15 is 0 Å². The summed E-state index contributed by atoms with van der Waals surface area (Å²) >= 11 is 0. The Morgan fingerprint density at radius 1 is 1.41 bits per heavy atom. The molecule has 22 heavy (non-hydrogen) atoms. The van der Waals surface area contributed by atoms with Crippen molar-refractivity contribution in [2.75, 3.05) is 26.7 Å². The van der Waals surface area contributed by atoms with E-state index in [1.54, 1.807) is 11.9 Å². The first-order chi connectivity index (χ1) is 10.3. The Morgan fingerprint density at radius 3 is 2.59 bits per heavy atom. The number of carbonyl (C=O) groups excluding carboxylic acids is 1. The summed E-state index contributed by atoms with van der Waals surface area (Å²) in [6.07, 6.45) is 2.69. The molecular weight excluding hydrogens is 312 g/mol. The minimum Gasteiger partial charge on any atom is -0.480 e. The summed E-state index contributed by atoms with van der Waals surface area (Å²) in [4.78, 5) is 25.1. The molecule has 0 bridgehead atoms. The van der Waals surface area contributed by atoms with Crippen LogP contribution in [-0.2, 0) is 20.5 Å². The number of aliphatic carboxylic acids is 1. The number of nitrogens with zero attached hydrogens (tertiary/aromatic N) is 3. The molecule has 0 aromatic rings. The van der Waals surface area contributed by atoms with E-state index in [1.165, 1.54) is 5.01 Å². The number of rotatable bonds is 5. The van der Waals surface area contributed by atoms with Crippen molar-refractivity contribution >= 4 is 22.8 Å². The van der Waals surface area contributed by atoms with Crippen molar-refractivity contribution in [2.45, 2.75) is 37.3 Å². The van der Waals surface area contributed by atoms with Crippen molar-refractivity contribution in [3.63, 3.8) is 0 Å². The molecule has 0 aromatic heterocycles. The SMILES string of the molecule is CN1CCC2(CCCCN2N(C[C@H](N)C(=O)O)[SH](=O)=O)C1=O. The molecule has 0 saturated carbocycles. The number of thiol groups is 1. The zero-order chi connectivity index (χ0) is 16.5. The van der Waals surface area contributed by atoms with Gasteiger partial charge in [-0.05, 0) is 25.7 Å². The third kappa shape index (κ3) is 2.96. The second-order valence-electron chi connectivity index (χ2n) is 5.83. The van der Waals surface area contributed by atoms with Gasteiger partial charge in [-0.2, -0.15) is 0 Å². The van der Waals surface area contributed by atoms with Crippen LogP contribution in [0.3, 0.4) is 0 Å². The predicted octanol–water partition coefficient (Wildman–Crippen LogP) is -1.77. The number of carbonyl (C=O) groups is 2. The molecule has 3 N–H and O–H groups in total. The Morgan fingerprint density at radius 2 is 2.09 bits per heavy atom. The Kier molecular flexibility index (Phi) is 5.05. The molecular formula is C12H22N4O5S. The van der Waals surface area contributed by atoms with Crippen molar-refractivity contribution in [2.24, 2.45) is 5.73 Å². The van der Waals surface area contributed by atoms with Crippen LogP contribution in [0.2, 0.25) is 0 Å². The molecule has 2 saturated heterocycles. The fourth-order valence-corrected chi connectivity index (χ4v) is 4.00. The highest BCUT2D eigenvalue weighted by atomic mass is 32.2. The van der Waals surface area contributed by atoms with E-state index in [-0.39, 0.29) is 12.5 Å². The highest BCUT2D eigenvalue weighted by Gasteiger charge is 2.53. The Bertz CT molecular complexity index is 528. The molecule has 2 heterocycles. The van der Waals surface area contributed by atoms with Gasteiger partial charge >= 0.3 is 5.97 Å². The molecule has 1 amide bonds. The molecule has 0 radical (unpaired) electrons. The van der Waals surface area contributed by atoms with Gasteiger partial charge in [0, 0.05) is 20.1 Å². The number of carboxylic acid groups (broad SMARTS) is 1. The summed E-state index contributed by atoms with van der Waals surface area (Å²) in [6, 6.07) is -1.33. The van der Waals surface area contributed by atoms with Crippen LogP contribution < -0.4 is 5.73 Å². The lowest BCUT2D eigenvalue weighted by molar-refractivity contribution is -0.151. The smallest absolute Gasteiger partial charge is 0.321 e. The van der Waals surface area contributed by atoms with Crippen LogP contribution in [0.5, 0.6) is 0 Å². The standard InChI is InChI=1S/C12H22N4O5S/c1-14-7-5-12(11(14)19)4-2-3-6-15(12)16(22(20)21)8-9(13)10(17)18/h9,22H,2-8,13H2,1H3,(H,17,18)/t9-,12?/m0/s1. The van der Waals surface area contributed by atoms with Gasteiger partial charge in [0.2, 0.25) is 16.8 Å². The van der Waals surface area contributed by atoms with Crippen LogP contribution in [0, 0.1) is 0 Å². The van der Waals surface area contributed by atoms with Crippen LogP contribution in [0.4, 0.5) is 0 Å². The van der Waals surface area contributed by atoms with Gasteiger partial charge in [0.05, 0.1) is 6.54 Å². The molecule has 9 nitrogen and oxygen atoms in total. The number of likely N-dealkylation sites (N-methyl/N-ethyl adjacent to an activating group) is 1. The number of hydrogen-bond donors (Lipinski definition) is 3. The number of carboxylic acids is 1. The van der Waals surface area contributed by atoms with Crippen molar-refractivity contribution in [1.82, 2.24) is 14.3 Å². The summed E-state index contributed by atoms with van der Waals surface area (Å²) in [5, 5.41) is 10.4. The third-order valence-electron chi connectivity index (χ3n) is 4.45. The zero-order valence-electron chi connectivity index (χ0n) is 12.5. The van der Waals surface area contributed by atoms with Gasteiger partial charge in [0.1, 0.15) is 11.6 Å². The molecule has 2 atom stereocenters. The number of hydrogen-bond acceptors (Lipinski definition) is 6. The van der Waals surface area contributed by atoms with Crippen LogP contribution in [-0.4, -0.2) is 78.0 Å². The van der Waals surface area contributed by atoms with Gasteiger partial charge in [-0.25, -0.2) is 13.4 Å². The zero-order valence-corrected chi connectivity index (χ0v) is 13.4. The second-order valence-corrected chi connectivity index (χ2v) is 6.76. The van der Waals surface area contributed by atoms with Crippen molar-refractivity contribution < 1.29 is 23.1 Å². The first kappa shape index (κ1) is 17.1. The number of nitrogens with two attached hydrogens (primary N) is 1. The first-order valence-corrected chi connectivity index (χ1v) is 8.36. The maximum absolute atomic E-state index is 12.6. The highest BCUT2D eigenvalue weighted by molar-refractivity contribution is 7.69. The normalized spacial score (nSPS) is 28.0. The van der Waals surface area contributed by atoms with E-state index in [1.807, 2.05) is 0 Å². The Labute approximate surface area is 130 Å². The molecule has 1 unspecified atom stereocenters. The van der Waals surface area contributed by atoms with Gasteiger partial charge in [0.25, 0.3) is 0 Å². The molecule has 126 valence electrons. The summed E-state index contributed by atoms with van der Waals surface area (Å²) in [7, 11) is -1.39. The van der Waals surface area contributed by atoms with Gasteiger partial charge in [-0.1, -0.05) is 0 Å². The fraction of sp³-hybridized carbons (Fsp3) is 0.833. The molecule has 2 aliphatic heterocycles. The highest BCUT2D eigenvalue weighted by Crippen LogP contribution is 2.38. The average molecular weight is 334 g/mol. The predicted molar refractivity (Wildman–Crippen MR) is 78.2 cm³/mol. The topological polar surface area (TPSA) is 124 Å². The largest absolute Gasteiger partial charge is 0.480 e. The summed E-state index contributed by atoms with van der Waals surface area (Å²) in [5.74, 6) is -1.39. The minimum absolute atomic E-state index is 0.113. The van der Waals surface area contributed by atoms with Crippen LogP contribution in [0.15, 0.2) is 0 Å². The minimum atomic E-state index is -3.07. The average Bonchev–Trinajstić information content (AvgIpc) is 2.74. The summed E-state index contributed by atoms with van der Waals surface area (Å²) in [6.45, 7) is 0.589. The first-order valence-electron chi connectivity index (χ1n) is 7.23. The van der Waals surface area contributed by atoms with Crippen molar-refractivity contribution in [3.05, 3.63) is 0 Å².